The largest absolute Gasteiger partial charge is 0.297 e. The third kappa shape index (κ3) is 2.77. The first kappa shape index (κ1) is 16.0. The molecule has 0 amide bonds. The minimum absolute atomic E-state index is 0.243. The lowest BCUT2D eigenvalue weighted by Gasteiger charge is -2.34. The zero-order valence-corrected chi connectivity index (χ0v) is 14.3. The van der Waals surface area contributed by atoms with Crippen LogP contribution < -0.4 is 5.56 Å². The zero-order valence-electron chi connectivity index (χ0n) is 13.5. The molecular formula is C17H18N4O3S. The van der Waals surface area contributed by atoms with Gasteiger partial charge in [0.25, 0.3) is 5.56 Å². The van der Waals surface area contributed by atoms with E-state index in [4.69, 9.17) is 0 Å². The number of hydrogen-bond donors (Lipinski definition) is 1. The van der Waals surface area contributed by atoms with Crippen LogP contribution in [0, 0.1) is 0 Å². The number of piperidine rings is 1. The molecule has 1 saturated heterocycles. The van der Waals surface area contributed by atoms with Crippen LogP contribution in [0.4, 0.5) is 0 Å². The van der Waals surface area contributed by atoms with Gasteiger partial charge in [0.2, 0.25) is 10.0 Å². The van der Waals surface area contributed by atoms with Gasteiger partial charge < -0.3 is 0 Å². The van der Waals surface area contributed by atoms with Gasteiger partial charge in [-0.15, -0.1) is 0 Å². The Morgan fingerprint density at radius 3 is 2.72 bits per heavy atom. The van der Waals surface area contributed by atoms with Gasteiger partial charge in [0, 0.05) is 24.9 Å². The average molecular weight is 358 g/mol. The van der Waals surface area contributed by atoms with Crippen LogP contribution in [0.2, 0.25) is 0 Å². The molecule has 1 fully saturated rings. The van der Waals surface area contributed by atoms with Gasteiger partial charge in [0.15, 0.2) is 5.65 Å². The molecule has 2 aromatic heterocycles. The first-order valence-electron chi connectivity index (χ1n) is 8.21. The van der Waals surface area contributed by atoms with Gasteiger partial charge in [0.05, 0.1) is 16.6 Å². The lowest BCUT2D eigenvalue weighted by Crippen LogP contribution is -2.39. The Morgan fingerprint density at radius 1 is 1.12 bits per heavy atom. The summed E-state index contributed by atoms with van der Waals surface area (Å²) in [6.45, 7) is 0.427. The molecule has 0 aliphatic carbocycles. The van der Waals surface area contributed by atoms with Crippen LogP contribution in [-0.2, 0) is 10.0 Å². The van der Waals surface area contributed by atoms with E-state index < -0.39 is 16.1 Å². The summed E-state index contributed by atoms with van der Waals surface area (Å²) in [7, 11) is -3.64. The van der Waals surface area contributed by atoms with Gasteiger partial charge in [-0.3, -0.25) is 9.89 Å². The van der Waals surface area contributed by atoms with E-state index in [9.17, 15) is 13.2 Å². The number of rotatable bonds is 3. The molecule has 3 heterocycles. The van der Waals surface area contributed by atoms with Gasteiger partial charge in [-0.2, -0.15) is 4.31 Å². The average Bonchev–Trinajstić information content (AvgIpc) is 3.12. The van der Waals surface area contributed by atoms with E-state index in [0.29, 0.717) is 24.3 Å². The van der Waals surface area contributed by atoms with Crippen molar-refractivity contribution in [1.82, 2.24) is 18.9 Å². The SMILES string of the molecule is O=c1cc(C2CCCCN2S(=O)(=O)c2ccccc2)nc2cc[nH]n12. The molecule has 1 atom stereocenters. The molecule has 1 unspecified atom stereocenters. The smallest absolute Gasteiger partial charge is 0.272 e. The number of sulfonamides is 1. The van der Waals surface area contributed by atoms with Crippen molar-refractivity contribution in [3.8, 4) is 0 Å². The summed E-state index contributed by atoms with van der Waals surface area (Å²) in [4.78, 5) is 17.0. The number of aromatic nitrogens is 3. The van der Waals surface area contributed by atoms with Crippen LogP contribution in [0.3, 0.4) is 0 Å². The lowest BCUT2D eigenvalue weighted by atomic mass is 10.0. The van der Waals surface area contributed by atoms with E-state index in [2.05, 4.69) is 10.1 Å². The van der Waals surface area contributed by atoms with E-state index in [1.165, 1.54) is 14.9 Å². The van der Waals surface area contributed by atoms with Gasteiger partial charge >= 0.3 is 0 Å². The number of nitrogens with one attached hydrogen (secondary N) is 1. The molecule has 0 radical (unpaired) electrons. The number of nitrogens with zero attached hydrogens (tertiary/aromatic N) is 3. The summed E-state index contributed by atoms with van der Waals surface area (Å²) in [6, 6.07) is 11.1. The highest BCUT2D eigenvalue weighted by Gasteiger charge is 2.35. The van der Waals surface area contributed by atoms with Crippen molar-refractivity contribution in [3.63, 3.8) is 0 Å². The molecule has 1 aliphatic heterocycles. The third-order valence-corrected chi connectivity index (χ3v) is 6.47. The second kappa shape index (κ2) is 6.12. The van der Waals surface area contributed by atoms with Crippen molar-refractivity contribution in [2.24, 2.45) is 0 Å². The van der Waals surface area contributed by atoms with Gasteiger partial charge in [-0.25, -0.2) is 17.9 Å². The fraction of sp³-hybridized carbons (Fsp3) is 0.294. The quantitative estimate of drug-likeness (QED) is 0.775. The first-order valence-corrected chi connectivity index (χ1v) is 9.65. The molecule has 0 saturated carbocycles. The molecular weight excluding hydrogens is 340 g/mol. The first-order chi connectivity index (χ1) is 12.1. The maximum atomic E-state index is 13.1. The van der Waals surface area contributed by atoms with E-state index in [1.54, 1.807) is 42.6 Å². The minimum Gasteiger partial charge on any atom is -0.297 e. The Bertz CT molecular complexity index is 1060. The maximum absolute atomic E-state index is 13.1. The predicted octanol–water partition coefficient (Wildman–Crippen LogP) is 1.94. The molecule has 7 nitrogen and oxygen atoms in total. The number of benzene rings is 1. The molecule has 25 heavy (non-hydrogen) atoms. The Labute approximate surface area is 145 Å². The summed E-state index contributed by atoms with van der Waals surface area (Å²) in [5, 5.41) is 2.80. The normalized spacial score (nSPS) is 19.3. The Hall–Kier alpha value is -2.45. The standard InChI is InChI=1S/C17H18N4O3S/c22-17-12-14(19-16-9-10-18-21(16)17)15-8-4-5-11-20(15)25(23,24)13-6-2-1-3-7-13/h1-3,6-7,9-10,12,15,18H,4-5,8,11H2. The molecule has 130 valence electrons. The van der Waals surface area contributed by atoms with Crippen LogP contribution in [0.5, 0.6) is 0 Å². The molecule has 1 N–H and O–H groups in total. The lowest BCUT2D eigenvalue weighted by molar-refractivity contribution is 0.251. The Kier molecular flexibility index (Phi) is 3.93. The van der Waals surface area contributed by atoms with Gasteiger partial charge in [-0.05, 0) is 25.0 Å². The topological polar surface area (TPSA) is 87.5 Å². The molecule has 3 aromatic rings. The monoisotopic (exact) mass is 358 g/mol. The van der Waals surface area contributed by atoms with E-state index >= 15 is 0 Å². The molecule has 1 aliphatic rings. The predicted molar refractivity (Wildman–Crippen MR) is 92.7 cm³/mol. The second-order valence-electron chi connectivity index (χ2n) is 6.12. The summed E-state index contributed by atoms with van der Waals surface area (Å²) in [5.74, 6) is 0. The Morgan fingerprint density at radius 2 is 1.92 bits per heavy atom. The fourth-order valence-corrected chi connectivity index (χ4v) is 5.02. The summed E-state index contributed by atoms with van der Waals surface area (Å²) < 4.78 is 29.0. The summed E-state index contributed by atoms with van der Waals surface area (Å²) in [6.07, 6.45) is 3.99. The zero-order chi connectivity index (χ0) is 17.4. The van der Waals surface area contributed by atoms with Crippen molar-refractivity contribution in [2.75, 3.05) is 6.54 Å². The summed E-state index contributed by atoms with van der Waals surface area (Å²) in [5.41, 5.74) is 0.751. The molecule has 8 heteroatoms. The van der Waals surface area contributed by atoms with Crippen LogP contribution in [0.25, 0.3) is 5.65 Å². The van der Waals surface area contributed by atoms with Crippen molar-refractivity contribution in [1.29, 1.82) is 0 Å². The van der Waals surface area contributed by atoms with Crippen molar-refractivity contribution >= 4 is 15.7 Å². The number of fused-ring (bicyclic) bond motifs is 1. The van der Waals surface area contributed by atoms with Crippen LogP contribution in [0.1, 0.15) is 31.0 Å². The van der Waals surface area contributed by atoms with E-state index in [1.807, 2.05) is 0 Å². The van der Waals surface area contributed by atoms with Crippen LogP contribution in [0.15, 0.2) is 58.4 Å². The molecule has 4 rings (SSSR count). The molecule has 1 aromatic carbocycles. The third-order valence-electron chi connectivity index (χ3n) is 4.55. The highest BCUT2D eigenvalue weighted by Crippen LogP contribution is 2.34. The Balaban J connectivity index is 1.80. The molecule has 0 bridgehead atoms. The van der Waals surface area contributed by atoms with Gasteiger partial charge in [-0.1, -0.05) is 24.6 Å². The highest BCUT2D eigenvalue weighted by atomic mass is 32.2. The van der Waals surface area contributed by atoms with Crippen molar-refractivity contribution in [2.45, 2.75) is 30.2 Å². The van der Waals surface area contributed by atoms with Crippen molar-refractivity contribution in [3.05, 3.63) is 64.7 Å². The molecule has 0 spiro atoms. The highest BCUT2D eigenvalue weighted by molar-refractivity contribution is 7.89. The fourth-order valence-electron chi connectivity index (χ4n) is 3.33. The maximum Gasteiger partial charge on any atom is 0.272 e. The van der Waals surface area contributed by atoms with Gasteiger partial charge in [0.1, 0.15) is 0 Å². The second-order valence-corrected chi connectivity index (χ2v) is 8.01. The van der Waals surface area contributed by atoms with Crippen molar-refractivity contribution < 1.29 is 8.42 Å². The van der Waals surface area contributed by atoms with E-state index in [-0.39, 0.29) is 10.5 Å². The van der Waals surface area contributed by atoms with Crippen LogP contribution >= 0.6 is 0 Å². The van der Waals surface area contributed by atoms with E-state index in [0.717, 1.165) is 12.8 Å². The summed E-state index contributed by atoms with van der Waals surface area (Å²) >= 11 is 0. The van der Waals surface area contributed by atoms with Crippen LogP contribution in [-0.4, -0.2) is 33.9 Å². The number of aromatic amines is 1. The number of hydrogen-bond acceptors (Lipinski definition) is 4. The number of H-pyrrole nitrogens is 1. The minimum atomic E-state index is -3.64.